The fourth-order valence-electron chi connectivity index (χ4n) is 0.731. The van der Waals surface area contributed by atoms with E-state index in [2.05, 4.69) is 25.5 Å². The van der Waals surface area contributed by atoms with Gasteiger partial charge in [-0.05, 0) is 6.92 Å². The Kier molecular flexibility index (Phi) is 4.99. The summed E-state index contributed by atoms with van der Waals surface area (Å²) in [5.74, 6) is 1.08. The molecular weight excluding hydrogens is 260 g/mol. The molecule has 0 unspecified atom stereocenters. The Morgan fingerprint density at radius 2 is 2.40 bits per heavy atom. The molecule has 1 heterocycles. The average Bonchev–Trinajstić information content (AvgIpc) is 2.18. The van der Waals surface area contributed by atoms with E-state index in [1.807, 2.05) is 19.3 Å². The van der Waals surface area contributed by atoms with Gasteiger partial charge in [0.15, 0.2) is 0 Å². The fourth-order valence-corrected chi connectivity index (χ4v) is 1.11. The van der Waals surface area contributed by atoms with Crippen LogP contribution < -0.4 is 0 Å². The van der Waals surface area contributed by atoms with Gasteiger partial charge in [0.05, 0.1) is 0 Å². The van der Waals surface area contributed by atoms with Gasteiger partial charge in [0.25, 0.3) is 0 Å². The van der Waals surface area contributed by atoms with E-state index in [4.69, 9.17) is 0 Å². The van der Waals surface area contributed by atoms with Gasteiger partial charge in [-0.2, -0.15) is 0 Å². The van der Waals surface area contributed by atoms with Crippen LogP contribution in [0.1, 0.15) is 5.82 Å². The van der Waals surface area contributed by atoms with Gasteiger partial charge in [0, 0.05) is 24.3 Å². The van der Waals surface area contributed by atoms with E-state index >= 15 is 0 Å². The van der Waals surface area contributed by atoms with Crippen LogP contribution in [0.3, 0.4) is 0 Å². The zero-order valence-electron chi connectivity index (χ0n) is 5.75. The number of alkyl halides is 1. The molecule has 0 amide bonds. The first-order valence-electron chi connectivity index (χ1n) is 2.88. The first-order valence-corrected chi connectivity index (χ1v) is 4.00. The lowest BCUT2D eigenvalue weighted by Crippen LogP contribution is -1.98. The van der Waals surface area contributed by atoms with Gasteiger partial charge >= 0.3 is 0 Å². The first kappa shape index (κ1) is 10.2. The Morgan fingerprint density at radius 3 is 2.80 bits per heavy atom. The van der Waals surface area contributed by atoms with Crippen LogP contribution in [0.2, 0.25) is 0 Å². The van der Waals surface area contributed by atoms with Crippen molar-refractivity contribution in [2.24, 2.45) is 0 Å². The Balaban J connectivity index is 0.000000810. The summed E-state index contributed by atoms with van der Waals surface area (Å²) in [4.78, 5) is 4.08. The summed E-state index contributed by atoms with van der Waals surface area (Å²) in [6.45, 7) is 3.01. The monoisotopic (exact) mass is 268 g/mol. The van der Waals surface area contributed by atoms with Crippen LogP contribution in [0.4, 0.5) is 0 Å². The molecule has 10 heavy (non-hydrogen) atoms. The molecule has 0 aliphatic heterocycles. The molecule has 4 heteroatoms. The van der Waals surface area contributed by atoms with Crippen LogP contribution in [-0.2, 0) is 6.54 Å². The fraction of sp³-hybridized carbons (Fsp3) is 0.500. The van der Waals surface area contributed by atoms with Crippen LogP contribution in [0, 0.1) is 6.92 Å². The highest BCUT2D eigenvalue weighted by atomic mass is 79.9. The van der Waals surface area contributed by atoms with E-state index in [0.29, 0.717) is 0 Å². The maximum Gasteiger partial charge on any atom is 0.105 e. The molecule has 0 spiro atoms. The van der Waals surface area contributed by atoms with Crippen molar-refractivity contribution in [2.75, 3.05) is 5.33 Å². The summed E-state index contributed by atoms with van der Waals surface area (Å²) in [6, 6.07) is 0. The van der Waals surface area contributed by atoms with Crippen molar-refractivity contribution in [1.82, 2.24) is 9.55 Å². The molecule has 0 fully saturated rings. The molecule has 1 aromatic rings. The van der Waals surface area contributed by atoms with Crippen LogP contribution >= 0.6 is 32.9 Å². The Labute approximate surface area is 79.5 Å². The van der Waals surface area contributed by atoms with Crippen LogP contribution in [0.5, 0.6) is 0 Å². The van der Waals surface area contributed by atoms with Crippen molar-refractivity contribution in [3.63, 3.8) is 0 Å². The van der Waals surface area contributed by atoms with Gasteiger partial charge in [-0.3, -0.25) is 0 Å². The third-order valence-corrected chi connectivity index (χ3v) is 1.60. The van der Waals surface area contributed by atoms with Crippen molar-refractivity contribution >= 4 is 32.9 Å². The highest BCUT2D eigenvalue weighted by Gasteiger charge is 1.91. The number of aromatic nitrogens is 2. The number of rotatable bonds is 2. The molecule has 0 atom stereocenters. The largest absolute Gasteiger partial charge is 0.334 e. The summed E-state index contributed by atoms with van der Waals surface area (Å²) in [5, 5.41) is 0.990. The number of hydrogen-bond acceptors (Lipinski definition) is 1. The molecule has 0 aliphatic rings. The zero-order chi connectivity index (χ0) is 6.69. The maximum absolute atomic E-state index is 4.08. The second-order valence-electron chi connectivity index (χ2n) is 1.86. The SMILES string of the molecule is Br.Cc1nccn1CCBr. The Bertz CT molecular complexity index is 186. The summed E-state index contributed by atoms with van der Waals surface area (Å²) >= 11 is 3.36. The molecule has 0 saturated heterocycles. The van der Waals surface area contributed by atoms with Crippen molar-refractivity contribution in [3.05, 3.63) is 18.2 Å². The van der Waals surface area contributed by atoms with Gasteiger partial charge in [-0.1, -0.05) is 15.9 Å². The normalized spacial score (nSPS) is 9.00. The van der Waals surface area contributed by atoms with Gasteiger partial charge in [-0.25, -0.2) is 4.98 Å². The van der Waals surface area contributed by atoms with Gasteiger partial charge in [0.2, 0.25) is 0 Å². The minimum absolute atomic E-state index is 0. The van der Waals surface area contributed by atoms with E-state index in [0.717, 1.165) is 17.7 Å². The number of aryl methyl sites for hydroxylation is 2. The predicted octanol–water partition coefficient (Wildman–Crippen LogP) is 2.16. The molecule has 0 aromatic carbocycles. The van der Waals surface area contributed by atoms with E-state index in [-0.39, 0.29) is 17.0 Å². The molecule has 2 nitrogen and oxygen atoms in total. The summed E-state index contributed by atoms with van der Waals surface area (Å²) < 4.78 is 2.11. The van der Waals surface area contributed by atoms with Crippen molar-refractivity contribution in [3.8, 4) is 0 Å². The second-order valence-corrected chi connectivity index (χ2v) is 2.65. The average molecular weight is 270 g/mol. The highest BCUT2D eigenvalue weighted by Crippen LogP contribution is 1.95. The summed E-state index contributed by atoms with van der Waals surface area (Å²) in [6.07, 6.45) is 3.80. The number of halogens is 2. The molecule has 58 valence electrons. The second kappa shape index (κ2) is 4.91. The van der Waals surface area contributed by atoms with Gasteiger partial charge in [-0.15, -0.1) is 17.0 Å². The maximum atomic E-state index is 4.08. The Morgan fingerprint density at radius 1 is 1.70 bits per heavy atom. The molecule has 0 bridgehead atoms. The lowest BCUT2D eigenvalue weighted by molar-refractivity contribution is 0.741. The van der Waals surface area contributed by atoms with Crippen LogP contribution in [0.25, 0.3) is 0 Å². The van der Waals surface area contributed by atoms with E-state index < -0.39 is 0 Å². The number of nitrogens with zero attached hydrogens (tertiary/aromatic N) is 2. The Hall–Kier alpha value is 0.170. The number of imidazole rings is 1. The predicted molar refractivity (Wildman–Crippen MR) is 51.1 cm³/mol. The molecule has 1 aromatic heterocycles. The lowest BCUT2D eigenvalue weighted by Gasteiger charge is -1.98. The van der Waals surface area contributed by atoms with E-state index in [1.165, 1.54) is 0 Å². The standard InChI is InChI=1S/C6H9BrN2.BrH/c1-6-8-3-5-9(6)4-2-7;/h3,5H,2,4H2,1H3;1H. The molecule has 1 rings (SSSR count). The third-order valence-electron chi connectivity index (χ3n) is 1.25. The first-order chi connectivity index (χ1) is 4.34. The third kappa shape index (κ3) is 2.42. The van der Waals surface area contributed by atoms with E-state index in [9.17, 15) is 0 Å². The quantitative estimate of drug-likeness (QED) is 0.753. The number of hydrogen-bond donors (Lipinski definition) is 0. The summed E-state index contributed by atoms with van der Waals surface area (Å²) in [7, 11) is 0. The molecule has 0 N–H and O–H groups in total. The van der Waals surface area contributed by atoms with Gasteiger partial charge < -0.3 is 4.57 Å². The molecule has 0 radical (unpaired) electrons. The highest BCUT2D eigenvalue weighted by molar-refractivity contribution is 9.09. The molecule has 0 aliphatic carbocycles. The van der Waals surface area contributed by atoms with Crippen molar-refractivity contribution < 1.29 is 0 Å². The van der Waals surface area contributed by atoms with Gasteiger partial charge in [0.1, 0.15) is 5.82 Å². The minimum Gasteiger partial charge on any atom is -0.334 e. The molecule has 0 saturated carbocycles. The zero-order valence-corrected chi connectivity index (χ0v) is 9.05. The minimum atomic E-state index is 0. The van der Waals surface area contributed by atoms with Crippen LogP contribution in [-0.4, -0.2) is 14.9 Å². The smallest absolute Gasteiger partial charge is 0.105 e. The van der Waals surface area contributed by atoms with Crippen molar-refractivity contribution in [2.45, 2.75) is 13.5 Å². The molecular formula is C6H10Br2N2. The van der Waals surface area contributed by atoms with Crippen LogP contribution in [0.15, 0.2) is 12.4 Å². The summed E-state index contributed by atoms with van der Waals surface area (Å²) in [5.41, 5.74) is 0. The topological polar surface area (TPSA) is 17.8 Å². The van der Waals surface area contributed by atoms with E-state index in [1.54, 1.807) is 0 Å². The lowest BCUT2D eigenvalue weighted by atomic mass is 10.6. The van der Waals surface area contributed by atoms with Crippen molar-refractivity contribution in [1.29, 1.82) is 0 Å².